The van der Waals surface area contributed by atoms with E-state index in [1.807, 2.05) is 24.3 Å². The first kappa shape index (κ1) is 8.19. The van der Waals surface area contributed by atoms with E-state index in [1.165, 1.54) is 0 Å². The molecule has 0 fully saturated rings. The Morgan fingerprint density at radius 3 is 2.85 bits per heavy atom. The first-order chi connectivity index (χ1) is 6.36. The van der Waals surface area contributed by atoms with Crippen LogP contribution >= 0.6 is 11.6 Å². The number of nitrogens with one attached hydrogen (secondary N) is 1. The quantitative estimate of drug-likeness (QED) is 0.786. The van der Waals surface area contributed by atoms with E-state index in [0.717, 1.165) is 5.56 Å². The Hall–Kier alpha value is -1.42. The summed E-state index contributed by atoms with van der Waals surface area (Å²) < 4.78 is 0. The van der Waals surface area contributed by atoms with Crippen LogP contribution in [0.15, 0.2) is 24.3 Å². The molecule has 0 saturated heterocycles. The van der Waals surface area contributed by atoms with Crippen molar-refractivity contribution in [3.8, 4) is 0 Å². The number of halogens is 1. The van der Waals surface area contributed by atoms with E-state index >= 15 is 0 Å². The summed E-state index contributed by atoms with van der Waals surface area (Å²) in [6.45, 7) is 0. The van der Waals surface area contributed by atoms with Crippen LogP contribution in [0.3, 0.4) is 0 Å². The fourth-order valence-electron chi connectivity index (χ4n) is 0.967. The Labute approximate surface area is 79.9 Å². The van der Waals surface area contributed by atoms with Gasteiger partial charge in [0, 0.05) is 5.02 Å². The van der Waals surface area contributed by atoms with Crippen LogP contribution in [0.2, 0.25) is 5.02 Å². The van der Waals surface area contributed by atoms with Crippen LogP contribution in [0.5, 0.6) is 0 Å². The van der Waals surface area contributed by atoms with Crippen LogP contribution in [-0.4, -0.2) is 20.6 Å². The molecule has 0 aliphatic carbocycles. The highest BCUT2D eigenvalue weighted by Gasteiger charge is 2.03. The fourth-order valence-corrected chi connectivity index (χ4v) is 1.16. The van der Waals surface area contributed by atoms with Crippen LogP contribution in [0.4, 0.5) is 0 Å². The molecule has 0 atom stereocenters. The molecule has 0 bridgehead atoms. The van der Waals surface area contributed by atoms with Crippen molar-refractivity contribution in [3.63, 3.8) is 0 Å². The predicted octanol–water partition coefficient (Wildman–Crippen LogP) is 1.45. The number of nitrogens with zero attached hydrogens (tertiary/aromatic N) is 3. The van der Waals surface area contributed by atoms with Gasteiger partial charge in [0.05, 0.1) is 6.42 Å². The summed E-state index contributed by atoms with van der Waals surface area (Å²) >= 11 is 5.93. The molecule has 1 radical (unpaired) electrons. The molecule has 1 N–H and O–H groups in total. The lowest BCUT2D eigenvalue weighted by atomic mass is 10.1. The van der Waals surface area contributed by atoms with E-state index in [2.05, 4.69) is 20.6 Å². The summed E-state index contributed by atoms with van der Waals surface area (Å²) in [5.74, 6) is 0.591. The maximum Gasteiger partial charge on any atom is 0.157 e. The van der Waals surface area contributed by atoms with E-state index in [9.17, 15) is 0 Å². The molecule has 0 saturated carbocycles. The lowest BCUT2D eigenvalue weighted by Gasteiger charge is -1.98. The zero-order valence-electron chi connectivity index (χ0n) is 6.61. The van der Waals surface area contributed by atoms with E-state index in [1.54, 1.807) is 6.42 Å². The lowest BCUT2D eigenvalue weighted by molar-refractivity contribution is 0.881. The Morgan fingerprint density at radius 1 is 1.31 bits per heavy atom. The Balaban J connectivity index is 2.24. The monoisotopic (exact) mass is 193 g/mol. The van der Waals surface area contributed by atoms with E-state index in [-0.39, 0.29) is 0 Å². The maximum absolute atomic E-state index is 5.93. The van der Waals surface area contributed by atoms with E-state index in [0.29, 0.717) is 10.8 Å². The van der Waals surface area contributed by atoms with E-state index < -0.39 is 0 Å². The minimum Gasteiger partial charge on any atom is -0.242 e. The summed E-state index contributed by atoms with van der Waals surface area (Å²) in [6.07, 6.45) is 1.78. The highest BCUT2D eigenvalue weighted by molar-refractivity contribution is 6.31. The highest BCUT2D eigenvalue weighted by atomic mass is 35.5. The van der Waals surface area contributed by atoms with Crippen LogP contribution in [0.1, 0.15) is 11.4 Å². The Bertz CT molecular complexity index is 385. The number of aromatic nitrogens is 4. The largest absolute Gasteiger partial charge is 0.242 e. The van der Waals surface area contributed by atoms with Gasteiger partial charge >= 0.3 is 0 Å². The molecule has 1 aromatic heterocycles. The number of H-pyrrole nitrogens is 1. The van der Waals surface area contributed by atoms with Gasteiger partial charge in [-0.1, -0.05) is 29.8 Å². The van der Waals surface area contributed by atoms with Crippen molar-refractivity contribution in [1.29, 1.82) is 0 Å². The molecule has 1 aromatic carbocycles. The van der Waals surface area contributed by atoms with Crippen LogP contribution in [0.25, 0.3) is 0 Å². The maximum atomic E-state index is 5.93. The first-order valence-electron chi connectivity index (χ1n) is 3.69. The smallest absolute Gasteiger partial charge is 0.157 e. The zero-order valence-corrected chi connectivity index (χ0v) is 7.36. The van der Waals surface area contributed by atoms with Crippen molar-refractivity contribution < 1.29 is 0 Å². The fraction of sp³-hybridized carbons (Fsp3) is 0. The first-order valence-corrected chi connectivity index (χ1v) is 4.07. The normalized spacial score (nSPS) is 10.2. The second-order valence-electron chi connectivity index (χ2n) is 2.45. The van der Waals surface area contributed by atoms with Gasteiger partial charge in [-0.15, -0.1) is 5.10 Å². The van der Waals surface area contributed by atoms with Gasteiger partial charge in [-0.2, -0.15) is 0 Å². The number of hydrogen-bond acceptors (Lipinski definition) is 3. The molecule has 65 valence electrons. The van der Waals surface area contributed by atoms with Crippen LogP contribution in [-0.2, 0) is 0 Å². The molecule has 2 aromatic rings. The second kappa shape index (κ2) is 3.53. The van der Waals surface area contributed by atoms with Crippen LogP contribution < -0.4 is 0 Å². The summed E-state index contributed by atoms with van der Waals surface area (Å²) in [7, 11) is 0. The van der Waals surface area contributed by atoms with Crippen molar-refractivity contribution in [2.45, 2.75) is 0 Å². The molecule has 1 heterocycles. The number of aromatic amines is 1. The predicted molar refractivity (Wildman–Crippen MR) is 48.1 cm³/mol. The Morgan fingerprint density at radius 2 is 2.15 bits per heavy atom. The minimum absolute atomic E-state index is 0.591. The molecule has 2 rings (SSSR count). The average molecular weight is 194 g/mol. The molecule has 0 aliphatic rings. The van der Waals surface area contributed by atoms with E-state index in [4.69, 9.17) is 11.6 Å². The van der Waals surface area contributed by atoms with Gasteiger partial charge in [0.1, 0.15) is 0 Å². The summed E-state index contributed by atoms with van der Waals surface area (Å²) in [5, 5.41) is 13.9. The molecule has 13 heavy (non-hydrogen) atoms. The van der Waals surface area contributed by atoms with Crippen molar-refractivity contribution >= 4 is 11.6 Å². The van der Waals surface area contributed by atoms with Gasteiger partial charge in [0.15, 0.2) is 5.82 Å². The minimum atomic E-state index is 0.591. The third-order valence-electron chi connectivity index (χ3n) is 1.56. The summed E-state index contributed by atoms with van der Waals surface area (Å²) in [5.41, 5.74) is 0.891. The molecule has 0 amide bonds. The van der Waals surface area contributed by atoms with Gasteiger partial charge < -0.3 is 0 Å². The number of rotatable bonds is 2. The van der Waals surface area contributed by atoms with Gasteiger partial charge in [-0.25, -0.2) is 5.10 Å². The average Bonchev–Trinajstić information content (AvgIpc) is 2.61. The molecule has 0 aliphatic heterocycles. The molecular formula is C8H6ClN4. The summed E-state index contributed by atoms with van der Waals surface area (Å²) in [6, 6.07) is 7.49. The second-order valence-corrected chi connectivity index (χ2v) is 2.86. The molecule has 0 spiro atoms. The SMILES string of the molecule is Clc1ccccc1[CH]c1nnn[nH]1. The zero-order chi connectivity index (χ0) is 9.10. The van der Waals surface area contributed by atoms with Crippen molar-refractivity contribution in [2.24, 2.45) is 0 Å². The topological polar surface area (TPSA) is 54.5 Å². The number of tetrazole rings is 1. The van der Waals surface area contributed by atoms with Crippen molar-refractivity contribution in [1.82, 2.24) is 20.6 Å². The standard InChI is InChI=1S/C8H6ClN4/c9-7-4-2-1-3-6(7)5-8-10-12-13-11-8/h1-5H,(H,10,11,12,13). The highest BCUT2D eigenvalue weighted by Crippen LogP contribution is 2.18. The molecule has 4 nitrogen and oxygen atoms in total. The third-order valence-corrected chi connectivity index (χ3v) is 1.90. The van der Waals surface area contributed by atoms with Gasteiger partial charge in [-0.3, -0.25) is 0 Å². The van der Waals surface area contributed by atoms with Crippen molar-refractivity contribution in [2.75, 3.05) is 0 Å². The van der Waals surface area contributed by atoms with Gasteiger partial charge in [0.25, 0.3) is 0 Å². The molecular weight excluding hydrogens is 188 g/mol. The Kier molecular flexibility index (Phi) is 2.23. The van der Waals surface area contributed by atoms with Gasteiger partial charge in [0.2, 0.25) is 0 Å². The lowest BCUT2D eigenvalue weighted by Crippen LogP contribution is -1.88. The van der Waals surface area contributed by atoms with Crippen LogP contribution in [0, 0.1) is 6.42 Å². The van der Waals surface area contributed by atoms with Gasteiger partial charge in [-0.05, 0) is 22.1 Å². The summed E-state index contributed by atoms with van der Waals surface area (Å²) in [4.78, 5) is 0. The van der Waals surface area contributed by atoms with Crippen molar-refractivity contribution in [3.05, 3.63) is 47.1 Å². The molecule has 0 unspecified atom stereocenters. The third kappa shape index (κ3) is 1.84. The number of hydrogen-bond donors (Lipinski definition) is 1. The number of benzene rings is 1. The molecule has 5 heteroatoms.